The van der Waals surface area contributed by atoms with Crippen LogP contribution in [-0.4, -0.2) is 33.6 Å². The topological polar surface area (TPSA) is 75.4 Å². The molecule has 1 aromatic rings. The first-order valence-electron chi connectivity index (χ1n) is 9.28. The molecule has 0 saturated heterocycles. The number of hydrogen-bond donors (Lipinski definition) is 2. The maximum atomic E-state index is 11.3. The van der Waals surface area contributed by atoms with Gasteiger partial charge in [0, 0.05) is 11.5 Å². The molecule has 0 radical (unpaired) electrons. The number of anilines is 1. The normalized spacial score (nSPS) is 13.3. The molecule has 27 heavy (non-hydrogen) atoms. The van der Waals surface area contributed by atoms with Gasteiger partial charge in [0.25, 0.3) is 0 Å². The lowest BCUT2D eigenvalue weighted by Gasteiger charge is -2.12. The van der Waals surface area contributed by atoms with Gasteiger partial charge in [-0.25, -0.2) is 4.79 Å². The van der Waals surface area contributed by atoms with Crippen LogP contribution in [0.2, 0.25) is 0 Å². The van der Waals surface area contributed by atoms with Gasteiger partial charge in [0.05, 0.1) is 0 Å². The number of aromatic nitrogens is 1. The van der Waals surface area contributed by atoms with Crippen LogP contribution >= 0.6 is 11.8 Å². The molecule has 0 aliphatic carbocycles. The highest BCUT2D eigenvalue weighted by Gasteiger charge is 2.17. The van der Waals surface area contributed by atoms with E-state index in [1.165, 1.54) is 29.4 Å². The van der Waals surface area contributed by atoms with E-state index in [0.717, 1.165) is 31.4 Å². The zero-order chi connectivity index (χ0) is 20.1. The predicted molar refractivity (Wildman–Crippen MR) is 114 cm³/mol. The van der Waals surface area contributed by atoms with Crippen molar-refractivity contribution in [3.8, 4) is 0 Å². The van der Waals surface area contributed by atoms with E-state index in [2.05, 4.69) is 56.2 Å². The van der Waals surface area contributed by atoms with E-state index >= 15 is 0 Å². The molecule has 1 atom stereocenters. The fourth-order valence-electron chi connectivity index (χ4n) is 2.36. The SMILES string of the molecule is CC(C)=CCC/C(C)=C/CC/C(C)=C/CSCC(Nc1cocn1)C(=O)O. The number of oxazole rings is 1. The molecule has 0 saturated carbocycles. The van der Waals surface area contributed by atoms with E-state index in [0.29, 0.717) is 11.6 Å². The molecule has 0 aromatic carbocycles. The van der Waals surface area contributed by atoms with E-state index in [1.54, 1.807) is 11.8 Å². The molecular weight excluding hydrogens is 360 g/mol. The maximum Gasteiger partial charge on any atom is 0.327 e. The standard InChI is InChI=1S/C21H32N2O3S/c1-16(2)7-5-8-17(3)9-6-10-18(4)11-12-27-14-19(21(24)25)23-20-13-26-15-22-20/h7,9,11,13,15,19,23H,5-6,8,10,12,14H2,1-4H3,(H,24,25)/b17-9+,18-11+. The zero-order valence-corrected chi connectivity index (χ0v) is 17.6. The Bertz CT molecular complexity index is 644. The number of rotatable bonds is 13. The summed E-state index contributed by atoms with van der Waals surface area (Å²) in [4.78, 5) is 15.2. The van der Waals surface area contributed by atoms with E-state index in [-0.39, 0.29) is 0 Å². The van der Waals surface area contributed by atoms with E-state index < -0.39 is 12.0 Å². The number of thioether (sulfide) groups is 1. The Morgan fingerprint density at radius 3 is 2.44 bits per heavy atom. The molecule has 0 amide bonds. The largest absolute Gasteiger partial charge is 0.480 e. The van der Waals surface area contributed by atoms with Crippen molar-refractivity contribution < 1.29 is 14.3 Å². The van der Waals surface area contributed by atoms with Gasteiger partial charge in [0.2, 0.25) is 0 Å². The van der Waals surface area contributed by atoms with Gasteiger partial charge in [-0.1, -0.05) is 34.9 Å². The van der Waals surface area contributed by atoms with E-state index in [1.807, 2.05) is 0 Å². The number of nitrogens with one attached hydrogen (secondary N) is 1. The molecule has 1 heterocycles. The third kappa shape index (κ3) is 11.4. The summed E-state index contributed by atoms with van der Waals surface area (Å²) in [7, 11) is 0. The first kappa shape index (κ1) is 23.1. The van der Waals surface area contributed by atoms with Crippen LogP contribution in [-0.2, 0) is 4.79 Å². The number of allylic oxidation sites excluding steroid dienone is 5. The summed E-state index contributed by atoms with van der Waals surface area (Å²) >= 11 is 1.59. The van der Waals surface area contributed by atoms with Gasteiger partial charge in [0.15, 0.2) is 12.2 Å². The van der Waals surface area contributed by atoms with Crippen LogP contribution in [0.5, 0.6) is 0 Å². The zero-order valence-electron chi connectivity index (χ0n) is 16.8. The van der Waals surface area contributed by atoms with Gasteiger partial charge >= 0.3 is 5.97 Å². The highest BCUT2D eigenvalue weighted by Crippen LogP contribution is 2.14. The van der Waals surface area contributed by atoms with Gasteiger partial charge in [0.1, 0.15) is 12.3 Å². The highest BCUT2D eigenvalue weighted by atomic mass is 32.2. The summed E-state index contributed by atoms with van der Waals surface area (Å²) in [6.45, 7) is 8.60. The molecule has 5 nitrogen and oxygen atoms in total. The lowest BCUT2D eigenvalue weighted by molar-refractivity contribution is -0.137. The third-order valence-electron chi connectivity index (χ3n) is 4.01. The van der Waals surface area contributed by atoms with Gasteiger partial charge in [-0.3, -0.25) is 0 Å². The number of hydrogen-bond acceptors (Lipinski definition) is 5. The van der Waals surface area contributed by atoms with Crippen LogP contribution in [0.25, 0.3) is 0 Å². The molecule has 2 N–H and O–H groups in total. The number of aliphatic carboxylic acids is 1. The van der Waals surface area contributed by atoms with Crippen molar-refractivity contribution in [2.75, 3.05) is 16.8 Å². The van der Waals surface area contributed by atoms with Crippen molar-refractivity contribution in [1.82, 2.24) is 4.98 Å². The summed E-state index contributed by atoms with van der Waals surface area (Å²) in [6.07, 6.45) is 13.8. The summed E-state index contributed by atoms with van der Waals surface area (Å²) in [5.41, 5.74) is 4.16. The Balaban J connectivity index is 2.26. The Morgan fingerprint density at radius 1 is 1.19 bits per heavy atom. The molecule has 0 bridgehead atoms. The highest BCUT2D eigenvalue weighted by molar-refractivity contribution is 7.99. The van der Waals surface area contributed by atoms with Crippen molar-refractivity contribution >= 4 is 23.5 Å². The monoisotopic (exact) mass is 392 g/mol. The molecule has 1 unspecified atom stereocenters. The molecular formula is C21H32N2O3S. The molecule has 0 spiro atoms. The molecule has 1 rings (SSSR count). The van der Waals surface area contributed by atoms with Crippen LogP contribution in [0.4, 0.5) is 5.82 Å². The van der Waals surface area contributed by atoms with Crippen LogP contribution in [0.1, 0.15) is 53.4 Å². The first-order valence-corrected chi connectivity index (χ1v) is 10.4. The molecule has 0 aliphatic heterocycles. The third-order valence-corrected chi connectivity index (χ3v) is 4.98. The van der Waals surface area contributed by atoms with Gasteiger partial charge in [-0.15, -0.1) is 0 Å². The minimum absolute atomic E-state index is 0.446. The Hall–Kier alpha value is -1.95. The number of nitrogens with zero attached hydrogens (tertiary/aromatic N) is 1. The first-order chi connectivity index (χ1) is 12.9. The van der Waals surface area contributed by atoms with Gasteiger partial charge in [-0.05, 0) is 53.4 Å². The van der Waals surface area contributed by atoms with Crippen LogP contribution in [0.3, 0.4) is 0 Å². The fourth-order valence-corrected chi connectivity index (χ4v) is 3.36. The minimum Gasteiger partial charge on any atom is -0.480 e. The average Bonchev–Trinajstić information content (AvgIpc) is 3.10. The summed E-state index contributed by atoms with van der Waals surface area (Å²) in [5.74, 6) is 0.829. The van der Waals surface area contributed by atoms with Gasteiger partial charge < -0.3 is 14.8 Å². The Labute approximate surface area is 167 Å². The molecule has 6 heteroatoms. The quantitative estimate of drug-likeness (QED) is 0.332. The Morgan fingerprint density at radius 2 is 1.85 bits per heavy atom. The summed E-state index contributed by atoms with van der Waals surface area (Å²) < 4.78 is 4.85. The molecule has 150 valence electrons. The number of carboxylic acid groups (broad SMARTS) is 1. The maximum absolute atomic E-state index is 11.3. The van der Waals surface area contributed by atoms with Crippen LogP contribution in [0.15, 0.2) is 52.0 Å². The van der Waals surface area contributed by atoms with Crippen molar-refractivity contribution in [1.29, 1.82) is 0 Å². The molecule has 0 aliphatic rings. The van der Waals surface area contributed by atoms with Crippen molar-refractivity contribution in [2.24, 2.45) is 0 Å². The number of carboxylic acids is 1. The smallest absolute Gasteiger partial charge is 0.327 e. The summed E-state index contributed by atoms with van der Waals surface area (Å²) in [6, 6.07) is -0.680. The van der Waals surface area contributed by atoms with Crippen LogP contribution in [0, 0.1) is 0 Å². The van der Waals surface area contributed by atoms with Crippen molar-refractivity contribution in [2.45, 2.75) is 59.4 Å². The Kier molecular flexibility index (Phi) is 11.3. The van der Waals surface area contributed by atoms with E-state index in [9.17, 15) is 9.90 Å². The van der Waals surface area contributed by atoms with Gasteiger partial charge in [-0.2, -0.15) is 16.7 Å². The van der Waals surface area contributed by atoms with Crippen molar-refractivity contribution in [3.63, 3.8) is 0 Å². The second-order valence-corrected chi connectivity index (χ2v) is 7.98. The van der Waals surface area contributed by atoms with Crippen molar-refractivity contribution in [3.05, 3.63) is 47.6 Å². The summed E-state index contributed by atoms with van der Waals surface area (Å²) in [5, 5.41) is 12.1. The number of carbonyl (C=O) groups is 1. The molecule has 1 aromatic heterocycles. The van der Waals surface area contributed by atoms with Crippen LogP contribution < -0.4 is 5.32 Å². The molecule has 0 fully saturated rings. The second kappa shape index (κ2) is 13.3. The predicted octanol–water partition coefficient (Wildman–Crippen LogP) is 5.69. The lowest BCUT2D eigenvalue weighted by atomic mass is 10.1. The lowest BCUT2D eigenvalue weighted by Crippen LogP contribution is -2.31. The second-order valence-electron chi connectivity index (χ2n) is 6.91. The average molecular weight is 393 g/mol. The van der Waals surface area contributed by atoms with E-state index in [4.69, 9.17) is 4.42 Å². The minimum atomic E-state index is -0.889. The fraction of sp³-hybridized carbons (Fsp3) is 0.524.